The van der Waals surface area contributed by atoms with Crippen molar-refractivity contribution in [2.45, 2.75) is 82.9 Å². The molecule has 3 heterocycles. The van der Waals surface area contributed by atoms with E-state index in [9.17, 15) is 9.59 Å². The molecule has 9 heteroatoms. The average molecular weight is 521 g/mol. The van der Waals surface area contributed by atoms with Crippen LogP contribution in [0.25, 0.3) is 0 Å². The van der Waals surface area contributed by atoms with E-state index in [0.717, 1.165) is 19.3 Å². The molecule has 2 amide bonds. The molecule has 0 aromatic heterocycles. The number of epoxide rings is 2. The number of amides is 2. The SMILES string of the molecule is C=CCOC(=O)N(CC)CCC1CN(C(=O)O[C@@H]2CCC3(CO3)[C@@H]([C@@]3(C)O[C@@H]3CC=C(C)C)[C@@H]2OC)C1. The molecule has 6 atom stereocenters. The minimum atomic E-state index is -0.353. The van der Waals surface area contributed by atoms with Crippen LogP contribution in [0.3, 0.4) is 0 Å². The molecule has 9 nitrogen and oxygen atoms in total. The molecule has 1 saturated carbocycles. The first-order chi connectivity index (χ1) is 17.7. The highest BCUT2D eigenvalue weighted by molar-refractivity contribution is 5.69. The predicted octanol–water partition coefficient (Wildman–Crippen LogP) is 4.17. The van der Waals surface area contributed by atoms with Crippen LogP contribution >= 0.6 is 0 Å². The molecule has 1 aliphatic carbocycles. The number of hydrogen-bond donors (Lipinski definition) is 0. The molecule has 0 N–H and O–H groups in total. The van der Waals surface area contributed by atoms with Crippen molar-refractivity contribution in [2.75, 3.05) is 46.5 Å². The predicted molar refractivity (Wildman–Crippen MR) is 138 cm³/mol. The average Bonchev–Trinajstić information content (AvgIpc) is 3.75. The Morgan fingerprint density at radius 1 is 1.27 bits per heavy atom. The van der Waals surface area contributed by atoms with Gasteiger partial charge >= 0.3 is 12.2 Å². The summed E-state index contributed by atoms with van der Waals surface area (Å²) >= 11 is 0. The van der Waals surface area contributed by atoms with Crippen LogP contribution in [0, 0.1) is 11.8 Å². The quantitative estimate of drug-likeness (QED) is 0.298. The Labute approximate surface area is 221 Å². The van der Waals surface area contributed by atoms with Crippen LogP contribution in [0.5, 0.6) is 0 Å². The van der Waals surface area contributed by atoms with Gasteiger partial charge in [0.2, 0.25) is 0 Å². The van der Waals surface area contributed by atoms with Gasteiger partial charge in [-0.1, -0.05) is 24.3 Å². The summed E-state index contributed by atoms with van der Waals surface area (Å²) in [7, 11) is 1.69. The summed E-state index contributed by atoms with van der Waals surface area (Å²) in [6, 6.07) is 0. The lowest BCUT2D eigenvalue weighted by Gasteiger charge is -2.44. The first-order valence-electron chi connectivity index (χ1n) is 13.6. The fourth-order valence-corrected chi connectivity index (χ4v) is 6.11. The lowest BCUT2D eigenvalue weighted by Crippen LogP contribution is -2.57. The number of carbonyl (C=O) groups excluding carboxylic acids is 2. The van der Waals surface area contributed by atoms with Crippen molar-refractivity contribution in [2.24, 2.45) is 11.8 Å². The van der Waals surface area contributed by atoms with Gasteiger partial charge in [0, 0.05) is 33.3 Å². The van der Waals surface area contributed by atoms with Gasteiger partial charge in [-0.25, -0.2) is 9.59 Å². The molecule has 208 valence electrons. The molecular weight excluding hydrogens is 476 g/mol. The smallest absolute Gasteiger partial charge is 0.410 e. The molecule has 0 bridgehead atoms. The maximum atomic E-state index is 13.0. The molecular formula is C28H44N2O7. The van der Waals surface area contributed by atoms with Gasteiger partial charge in [-0.15, -0.1) is 0 Å². The largest absolute Gasteiger partial charge is 0.445 e. The second-order valence-corrected chi connectivity index (χ2v) is 11.3. The van der Waals surface area contributed by atoms with E-state index in [1.807, 2.05) is 6.92 Å². The van der Waals surface area contributed by atoms with Crippen molar-refractivity contribution >= 4 is 12.2 Å². The zero-order valence-electron chi connectivity index (χ0n) is 23.1. The Balaban J connectivity index is 1.28. The van der Waals surface area contributed by atoms with Crippen LogP contribution in [0.2, 0.25) is 0 Å². The summed E-state index contributed by atoms with van der Waals surface area (Å²) in [5, 5.41) is 0. The van der Waals surface area contributed by atoms with Crippen molar-refractivity contribution < 1.29 is 33.3 Å². The number of hydrogen-bond acceptors (Lipinski definition) is 7. The summed E-state index contributed by atoms with van der Waals surface area (Å²) in [4.78, 5) is 28.5. The molecule has 0 radical (unpaired) electrons. The fraction of sp³-hybridized carbons (Fsp3) is 0.786. The van der Waals surface area contributed by atoms with Gasteiger partial charge in [0.1, 0.15) is 30.0 Å². The number of allylic oxidation sites excluding steroid dienone is 1. The molecule has 4 rings (SSSR count). The number of rotatable bonds is 11. The van der Waals surface area contributed by atoms with E-state index < -0.39 is 0 Å². The molecule has 0 aromatic carbocycles. The second kappa shape index (κ2) is 11.3. The van der Waals surface area contributed by atoms with Crippen LogP contribution < -0.4 is 0 Å². The maximum Gasteiger partial charge on any atom is 0.410 e. The number of carbonyl (C=O) groups is 2. The van der Waals surface area contributed by atoms with E-state index in [-0.39, 0.29) is 54.2 Å². The lowest BCUT2D eigenvalue weighted by atomic mass is 9.68. The van der Waals surface area contributed by atoms with Gasteiger partial charge in [0.25, 0.3) is 0 Å². The fourth-order valence-electron chi connectivity index (χ4n) is 6.11. The van der Waals surface area contributed by atoms with Crippen LogP contribution in [-0.2, 0) is 23.7 Å². The number of ether oxygens (including phenoxy) is 5. The van der Waals surface area contributed by atoms with E-state index >= 15 is 0 Å². The highest BCUT2D eigenvalue weighted by Crippen LogP contribution is 2.59. The Morgan fingerprint density at radius 2 is 2.00 bits per heavy atom. The zero-order chi connectivity index (χ0) is 26.8. The summed E-state index contributed by atoms with van der Waals surface area (Å²) in [5.74, 6) is 0.348. The maximum absolute atomic E-state index is 13.0. The highest BCUT2D eigenvalue weighted by atomic mass is 16.6. The topological polar surface area (TPSA) is 93.4 Å². The van der Waals surface area contributed by atoms with Gasteiger partial charge < -0.3 is 33.5 Å². The summed E-state index contributed by atoms with van der Waals surface area (Å²) < 4.78 is 29.4. The Kier molecular flexibility index (Phi) is 8.55. The van der Waals surface area contributed by atoms with E-state index in [0.29, 0.717) is 45.1 Å². The van der Waals surface area contributed by atoms with Crippen LogP contribution in [0.4, 0.5) is 9.59 Å². The van der Waals surface area contributed by atoms with E-state index in [2.05, 4.69) is 33.4 Å². The van der Waals surface area contributed by atoms with Crippen molar-refractivity contribution in [1.29, 1.82) is 0 Å². The van der Waals surface area contributed by atoms with Crippen molar-refractivity contribution in [3.05, 3.63) is 24.3 Å². The zero-order valence-corrected chi connectivity index (χ0v) is 23.1. The van der Waals surface area contributed by atoms with Crippen LogP contribution in [-0.4, -0.2) is 98.0 Å². The normalized spacial score (nSPS) is 34.4. The first kappa shape index (κ1) is 27.9. The van der Waals surface area contributed by atoms with Crippen LogP contribution in [0.1, 0.15) is 53.4 Å². The molecule has 3 aliphatic heterocycles. The van der Waals surface area contributed by atoms with Crippen molar-refractivity contribution in [3.63, 3.8) is 0 Å². The van der Waals surface area contributed by atoms with E-state index in [1.165, 1.54) is 5.57 Å². The molecule has 1 unspecified atom stereocenters. The molecule has 3 saturated heterocycles. The van der Waals surface area contributed by atoms with Gasteiger partial charge in [0.15, 0.2) is 0 Å². The van der Waals surface area contributed by atoms with E-state index in [1.54, 1.807) is 23.0 Å². The Hall–Kier alpha value is -2.10. The monoisotopic (exact) mass is 520 g/mol. The van der Waals surface area contributed by atoms with Crippen molar-refractivity contribution in [1.82, 2.24) is 9.80 Å². The summed E-state index contributed by atoms with van der Waals surface area (Å²) in [6.45, 7) is 15.2. The molecule has 37 heavy (non-hydrogen) atoms. The Morgan fingerprint density at radius 3 is 2.59 bits per heavy atom. The Bertz CT molecular complexity index is 878. The third-order valence-corrected chi connectivity index (χ3v) is 8.48. The minimum absolute atomic E-state index is 0.0112. The standard InChI is InChI=1S/C28H44N2O7/c1-7-15-34-25(31)29(8-2)14-12-20-16-30(17-20)26(32)36-21-11-13-28(18-35-28)24(23(21)33-6)27(5)22(37-27)10-9-19(3)4/h7,9,20-24H,1,8,10-18H2,2-6H3/t21-,22-,23-,24-,27+,28?/m1/s1. The molecule has 1 spiro atoms. The number of nitrogens with zero attached hydrogens (tertiary/aromatic N) is 2. The highest BCUT2D eigenvalue weighted by Gasteiger charge is 2.72. The number of likely N-dealkylation sites (tertiary alicyclic amines) is 1. The van der Waals surface area contributed by atoms with Crippen LogP contribution in [0.15, 0.2) is 24.3 Å². The number of methoxy groups -OCH3 is 1. The first-order valence-corrected chi connectivity index (χ1v) is 13.6. The lowest BCUT2D eigenvalue weighted by molar-refractivity contribution is -0.124. The minimum Gasteiger partial charge on any atom is -0.445 e. The van der Waals surface area contributed by atoms with Gasteiger partial charge in [-0.3, -0.25) is 0 Å². The van der Waals surface area contributed by atoms with Gasteiger partial charge in [-0.05, 0) is 59.3 Å². The van der Waals surface area contributed by atoms with E-state index in [4.69, 9.17) is 23.7 Å². The third kappa shape index (κ3) is 5.99. The molecule has 0 aromatic rings. The molecule has 4 aliphatic rings. The summed E-state index contributed by atoms with van der Waals surface area (Å²) in [6.07, 6.45) is 5.87. The van der Waals surface area contributed by atoms with Gasteiger partial charge in [0.05, 0.1) is 18.6 Å². The summed E-state index contributed by atoms with van der Waals surface area (Å²) in [5.41, 5.74) is 0.684. The second-order valence-electron chi connectivity index (χ2n) is 11.3. The van der Waals surface area contributed by atoms with Crippen molar-refractivity contribution in [3.8, 4) is 0 Å². The molecule has 4 fully saturated rings. The van der Waals surface area contributed by atoms with Gasteiger partial charge in [-0.2, -0.15) is 0 Å². The third-order valence-electron chi connectivity index (χ3n) is 8.48.